The maximum atomic E-state index is 15.0. The van der Waals surface area contributed by atoms with Gasteiger partial charge in [-0.2, -0.15) is 0 Å². The highest BCUT2D eigenvalue weighted by Crippen LogP contribution is 2.25. The number of carbonyl (C=O) groups is 1. The van der Waals surface area contributed by atoms with Crippen molar-refractivity contribution in [1.82, 2.24) is 14.5 Å². The Morgan fingerprint density at radius 2 is 2.15 bits per heavy atom. The van der Waals surface area contributed by atoms with Gasteiger partial charge < -0.3 is 9.47 Å². The topological polar surface area (TPSA) is 38.1 Å². The predicted molar refractivity (Wildman–Crippen MR) is 99.5 cm³/mol. The lowest BCUT2D eigenvalue weighted by Crippen LogP contribution is -2.45. The monoisotopic (exact) mass is 371 g/mol. The van der Waals surface area contributed by atoms with Crippen LogP contribution in [0.3, 0.4) is 0 Å². The Kier molecular flexibility index (Phi) is 4.64. The molecule has 0 radical (unpaired) electrons. The number of carbonyl (C=O) groups excluding carboxylic acids is 1. The highest BCUT2D eigenvalue weighted by molar-refractivity contribution is 6.27. The van der Waals surface area contributed by atoms with Gasteiger partial charge in [0.15, 0.2) is 0 Å². The van der Waals surface area contributed by atoms with Crippen molar-refractivity contribution in [2.45, 2.75) is 32.0 Å². The quantitative estimate of drug-likeness (QED) is 0.655. The molecular weight excluding hydrogens is 353 g/mol. The smallest absolute Gasteiger partial charge is 0.238 e. The van der Waals surface area contributed by atoms with Gasteiger partial charge in [-0.25, -0.2) is 9.37 Å². The van der Waals surface area contributed by atoms with Gasteiger partial charge in [-0.1, -0.05) is 36.4 Å². The third-order valence-corrected chi connectivity index (χ3v) is 5.33. The Morgan fingerprint density at radius 1 is 1.31 bits per heavy atom. The van der Waals surface area contributed by atoms with Crippen LogP contribution in [0.5, 0.6) is 0 Å². The Morgan fingerprint density at radius 3 is 3.00 bits per heavy atom. The molecule has 4 nitrogen and oxygen atoms in total. The van der Waals surface area contributed by atoms with Crippen LogP contribution in [-0.4, -0.2) is 32.3 Å². The zero-order valence-electron chi connectivity index (χ0n) is 14.2. The molecule has 1 atom stereocenters. The lowest BCUT2D eigenvalue weighted by atomic mass is 10.0. The Balaban J connectivity index is 1.64. The van der Waals surface area contributed by atoms with Gasteiger partial charge in [0.05, 0.1) is 12.4 Å². The van der Waals surface area contributed by atoms with Gasteiger partial charge in [0.1, 0.15) is 11.7 Å². The first-order valence-corrected chi connectivity index (χ1v) is 9.21. The summed E-state index contributed by atoms with van der Waals surface area (Å²) in [7, 11) is 0. The van der Waals surface area contributed by atoms with Crippen LogP contribution in [0.2, 0.25) is 0 Å². The molecule has 2 aromatic carbocycles. The molecule has 4 rings (SSSR count). The number of nitrogens with zero attached hydrogens (tertiary/aromatic N) is 3. The zero-order chi connectivity index (χ0) is 18.1. The second-order valence-electron chi connectivity index (χ2n) is 6.64. The highest BCUT2D eigenvalue weighted by atomic mass is 35.5. The standard InChI is InChI=1S/C20H19ClFN3O/c21-9-19(26)25(17-8-7-16-10-23-13-24(16)12-17)11-15-6-5-14-3-1-2-4-18(14)20(15)22/h1-6,10,13,17H,7-9,11-12H2. The summed E-state index contributed by atoms with van der Waals surface area (Å²) in [6.45, 7) is 0.879. The van der Waals surface area contributed by atoms with E-state index < -0.39 is 0 Å². The first-order chi connectivity index (χ1) is 12.7. The molecule has 26 heavy (non-hydrogen) atoms. The van der Waals surface area contributed by atoms with E-state index in [4.69, 9.17) is 11.6 Å². The van der Waals surface area contributed by atoms with Crippen molar-refractivity contribution in [3.8, 4) is 0 Å². The molecule has 1 aliphatic rings. The summed E-state index contributed by atoms with van der Waals surface area (Å²) in [5, 5.41) is 1.42. The molecule has 1 unspecified atom stereocenters. The highest BCUT2D eigenvalue weighted by Gasteiger charge is 2.28. The van der Waals surface area contributed by atoms with Gasteiger partial charge >= 0.3 is 0 Å². The lowest BCUT2D eigenvalue weighted by molar-refractivity contribution is -0.132. The van der Waals surface area contributed by atoms with Crippen LogP contribution in [0.15, 0.2) is 48.9 Å². The van der Waals surface area contributed by atoms with Gasteiger partial charge in [0.2, 0.25) is 5.91 Å². The molecule has 3 aromatic rings. The van der Waals surface area contributed by atoms with Gasteiger partial charge in [0, 0.05) is 35.9 Å². The molecule has 0 spiro atoms. The Hall–Kier alpha value is -2.40. The van der Waals surface area contributed by atoms with E-state index >= 15 is 0 Å². The summed E-state index contributed by atoms with van der Waals surface area (Å²) in [4.78, 5) is 18.4. The van der Waals surface area contributed by atoms with E-state index in [-0.39, 0.29) is 30.2 Å². The average Bonchev–Trinajstić information content (AvgIpc) is 3.15. The minimum Gasteiger partial charge on any atom is -0.333 e. The predicted octanol–water partition coefficient (Wildman–Crippen LogP) is 3.76. The zero-order valence-corrected chi connectivity index (χ0v) is 15.0. The number of imidazole rings is 1. The molecule has 0 N–H and O–H groups in total. The molecule has 1 amide bonds. The lowest BCUT2D eigenvalue weighted by Gasteiger charge is -2.35. The minimum atomic E-state index is -0.269. The van der Waals surface area contributed by atoms with E-state index in [1.807, 2.05) is 30.5 Å². The third-order valence-electron chi connectivity index (χ3n) is 5.10. The molecule has 1 aromatic heterocycles. The van der Waals surface area contributed by atoms with E-state index in [0.29, 0.717) is 17.5 Å². The summed E-state index contributed by atoms with van der Waals surface area (Å²) >= 11 is 5.84. The van der Waals surface area contributed by atoms with Crippen LogP contribution >= 0.6 is 11.6 Å². The number of alkyl halides is 1. The number of hydrogen-bond acceptors (Lipinski definition) is 2. The summed E-state index contributed by atoms with van der Waals surface area (Å²) in [6, 6.07) is 11.0. The fraction of sp³-hybridized carbons (Fsp3) is 0.300. The van der Waals surface area contributed by atoms with E-state index in [1.54, 1.807) is 23.4 Å². The van der Waals surface area contributed by atoms with E-state index in [0.717, 1.165) is 23.9 Å². The molecule has 0 fully saturated rings. The van der Waals surface area contributed by atoms with Crippen LogP contribution in [0.1, 0.15) is 17.7 Å². The van der Waals surface area contributed by atoms with E-state index in [2.05, 4.69) is 9.55 Å². The van der Waals surface area contributed by atoms with Crippen molar-refractivity contribution in [1.29, 1.82) is 0 Å². The van der Waals surface area contributed by atoms with Gasteiger partial charge in [-0.3, -0.25) is 4.79 Å². The summed E-state index contributed by atoms with van der Waals surface area (Å²) in [5.74, 6) is -0.551. The fourth-order valence-electron chi connectivity index (χ4n) is 3.69. The van der Waals surface area contributed by atoms with Crippen molar-refractivity contribution in [3.05, 3.63) is 66.0 Å². The summed E-state index contributed by atoms with van der Waals surface area (Å²) in [6.07, 6.45) is 5.30. The Bertz CT molecular complexity index is 955. The van der Waals surface area contributed by atoms with Crippen LogP contribution in [0.4, 0.5) is 4.39 Å². The van der Waals surface area contributed by atoms with Gasteiger partial charge in [-0.05, 0) is 18.2 Å². The maximum absolute atomic E-state index is 15.0. The van der Waals surface area contributed by atoms with Crippen LogP contribution in [0, 0.1) is 5.82 Å². The maximum Gasteiger partial charge on any atom is 0.238 e. The molecule has 0 bridgehead atoms. The largest absolute Gasteiger partial charge is 0.333 e. The van der Waals surface area contributed by atoms with Gasteiger partial charge in [-0.15, -0.1) is 11.6 Å². The molecule has 1 aliphatic heterocycles. The number of fused-ring (bicyclic) bond motifs is 2. The second kappa shape index (κ2) is 7.08. The van der Waals surface area contributed by atoms with Gasteiger partial charge in [0.25, 0.3) is 0 Å². The molecule has 0 aliphatic carbocycles. The first-order valence-electron chi connectivity index (χ1n) is 8.68. The first kappa shape index (κ1) is 17.0. The molecule has 6 heteroatoms. The molecule has 0 saturated heterocycles. The van der Waals surface area contributed by atoms with Crippen LogP contribution in [-0.2, 0) is 24.3 Å². The number of rotatable bonds is 4. The number of amides is 1. The van der Waals surface area contributed by atoms with E-state index in [9.17, 15) is 9.18 Å². The van der Waals surface area contributed by atoms with Crippen molar-refractivity contribution < 1.29 is 9.18 Å². The molecule has 2 heterocycles. The number of aromatic nitrogens is 2. The Labute approximate surface area is 156 Å². The van der Waals surface area contributed by atoms with Crippen molar-refractivity contribution in [2.75, 3.05) is 5.88 Å². The fourth-order valence-corrected chi connectivity index (χ4v) is 3.84. The third kappa shape index (κ3) is 3.07. The average molecular weight is 372 g/mol. The number of benzene rings is 2. The molecular formula is C20H19ClFN3O. The molecule has 134 valence electrons. The van der Waals surface area contributed by atoms with Crippen LogP contribution < -0.4 is 0 Å². The second-order valence-corrected chi connectivity index (χ2v) is 6.91. The summed E-state index contributed by atoms with van der Waals surface area (Å²) < 4.78 is 17.0. The van der Waals surface area contributed by atoms with Crippen molar-refractivity contribution in [3.63, 3.8) is 0 Å². The number of halogens is 2. The minimum absolute atomic E-state index is 0.0196. The van der Waals surface area contributed by atoms with Crippen molar-refractivity contribution >= 4 is 28.3 Å². The normalized spacial score (nSPS) is 16.5. The number of aryl methyl sites for hydroxylation is 1. The van der Waals surface area contributed by atoms with Crippen LogP contribution in [0.25, 0.3) is 10.8 Å². The summed E-state index contributed by atoms with van der Waals surface area (Å²) in [5.41, 5.74) is 1.68. The van der Waals surface area contributed by atoms with E-state index in [1.165, 1.54) is 0 Å². The molecule has 0 saturated carbocycles. The number of hydrogen-bond donors (Lipinski definition) is 0. The van der Waals surface area contributed by atoms with Crippen molar-refractivity contribution in [2.24, 2.45) is 0 Å². The SMILES string of the molecule is O=C(CCl)N(Cc1ccc2ccccc2c1F)C1CCc2cncn2C1.